The first-order chi connectivity index (χ1) is 11.1. The third-order valence-corrected chi connectivity index (χ3v) is 4.18. The number of ether oxygens (including phenoxy) is 1. The van der Waals surface area contributed by atoms with Gasteiger partial charge in [-0.15, -0.1) is 11.8 Å². The van der Waals surface area contributed by atoms with Crippen LogP contribution in [-0.2, 0) is 4.74 Å². The van der Waals surface area contributed by atoms with Crippen molar-refractivity contribution in [3.63, 3.8) is 0 Å². The summed E-state index contributed by atoms with van der Waals surface area (Å²) in [7, 11) is 0. The number of benzene rings is 1. The van der Waals surface area contributed by atoms with Crippen molar-refractivity contribution in [2.45, 2.75) is 6.10 Å². The van der Waals surface area contributed by atoms with E-state index in [1.807, 2.05) is 0 Å². The molecular formula is C15H15F2N3O2S. The fraction of sp³-hybridized carbons (Fsp3) is 0.267. The van der Waals surface area contributed by atoms with Crippen molar-refractivity contribution < 1.29 is 18.3 Å². The van der Waals surface area contributed by atoms with Crippen LogP contribution in [0.3, 0.4) is 0 Å². The van der Waals surface area contributed by atoms with Crippen molar-refractivity contribution >= 4 is 29.2 Å². The van der Waals surface area contributed by atoms with E-state index in [2.05, 4.69) is 0 Å². The highest BCUT2D eigenvalue weighted by Gasteiger charge is 2.32. The van der Waals surface area contributed by atoms with Crippen molar-refractivity contribution in [3.8, 4) is 0 Å². The summed E-state index contributed by atoms with van der Waals surface area (Å²) < 4.78 is 33.9. The molecule has 1 atom stereocenters. The lowest BCUT2D eigenvalue weighted by Crippen LogP contribution is -2.27. The first-order valence-electron chi connectivity index (χ1n) is 7.00. The lowest BCUT2D eigenvalue weighted by molar-refractivity contribution is 0.145. The molecule has 0 aliphatic carbocycles. The molecule has 0 aromatic heterocycles. The number of hydrogen-bond acceptors (Lipinski definition) is 5. The number of rotatable bonds is 3. The molecule has 8 heteroatoms. The zero-order chi connectivity index (χ0) is 16.4. The Labute approximate surface area is 136 Å². The van der Waals surface area contributed by atoms with Gasteiger partial charge in [0.05, 0.1) is 12.2 Å². The average molecular weight is 339 g/mol. The Morgan fingerprint density at radius 1 is 1.30 bits per heavy atom. The van der Waals surface area contributed by atoms with Gasteiger partial charge in [0.2, 0.25) is 0 Å². The van der Waals surface area contributed by atoms with Gasteiger partial charge in [-0.2, -0.15) is 0 Å². The molecule has 0 radical (unpaired) electrons. The minimum Gasteiger partial charge on any atom is -0.443 e. The second-order valence-electron chi connectivity index (χ2n) is 5.02. The van der Waals surface area contributed by atoms with Gasteiger partial charge in [0.1, 0.15) is 11.8 Å². The summed E-state index contributed by atoms with van der Waals surface area (Å²) in [4.78, 5) is 14.3. The van der Waals surface area contributed by atoms with Crippen molar-refractivity contribution in [1.29, 1.82) is 0 Å². The van der Waals surface area contributed by atoms with E-state index in [0.717, 1.165) is 17.9 Å². The molecule has 1 aromatic rings. The van der Waals surface area contributed by atoms with Gasteiger partial charge in [0.15, 0.2) is 11.6 Å². The maximum atomic E-state index is 14.4. The molecule has 1 amide bonds. The first kappa shape index (κ1) is 15.8. The van der Waals surface area contributed by atoms with E-state index < -0.39 is 23.8 Å². The molecule has 5 nitrogen and oxygen atoms in total. The highest BCUT2D eigenvalue weighted by atomic mass is 32.2. The SMILES string of the molecule is NC[C@H]1CN(c2cc(F)c(N3C=CCSC=C3)c(F)c2)C(=O)O1. The van der Waals surface area contributed by atoms with E-state index in [9.17, 15) is 13.6 Å². The zero-order valence-corrected chi connectivity index (χ0v) is 12.9. The van der Waals surface area contributed by atoms with Gasteiger partial charge in [-0.05, 0) is 5.41 Å². The predicted octanol–water partition coefficient (Wildman–Crippen LogP) is 2.79. The Bertz CT molecular complexity index is 644. The van der Waals surface area contributed by atoms with Gasteiger partial charge in [0.25, 0.3) is 0 Å². The average Bonchev–Trinajstić information content (AvgIpc) is 2.71. The standard InChI is InChI=1S/C15H15F2N3O2S/c16-12-6-10(20-9-11(8-18)22-15(20)21)7-13(17)14(12)19-2-1-4-23-5-3-19/h1-3,5-7,11H,4,8-9,18H2/t11-/m0/s1. The summed E-state index contributed by atoms with van der Waals surface area (Å²) >= 11 is 1.52. The van der Waals surface area contributed by atoms with E-state index in [-0.39, 0.29) is 24.5 Å². The van der Waals surface area contributed by atoms with Gasteiger partial charge in [-0.25, -0.2) is 13.6 Å². The van der Waals surface area contributed by atoms with Crippen LogP contribution in [0.2, 0.25) is 0 Å². The highest BCUT2D eigenvalue weighted by molar-refractivity contribution is 8.02. The number of nitrogens with two attached hydrogens (primary N) is 1. The Morgan fingerprint density at radius 3 is 2.70 bits per heavy atom. The summed E-state index contributed by atoms with van der Waals surface area (Å²) in [5, 5.41) is 1.76. The van der Waals surface area contributed by atoms with Crippen LogP contribution < -0.4 is 15.5 Å². The summed E-state index contributed by atoms with van der Waals surface area (Å²) in [6.07, 6.45) is 3.87. The van der Waals surface area contributed by atoms with E-state index >= 15 is 0 Å². The number of carbonyl (C=O) groups is 1. The van der Waals surface area contributed by atoms with Gasteiger partial charge in [-0.3, -0.25) is 4.90 Å². The number of cyclic esters (lactones) is 1. The number of thioether (sulfide) groups is 1. The van der Waals surface area contributed by atoms with E-state index in [1.54, 1.807) is 23.9 Å². The maximum absolute atomic E-state index is 14.4. The number of halogens is 2. The third-order valence-electron chi connectivity index (χ3n) is 3.48. The second kappa shape index (κ2) is 6.59. The summed E-state index contributed by atoms with van der Waals surface area (Å²) in [6.45, 7) is 0.333. The summed E-state index contributed by atoms with van der Waals surface area (Å²) in [6, 6.07) is 2.25. The van der Waals surface area contributed by atoms with Gasteiger partial charge in [-0.1, -0.05) is 6.08 Å². The van der Waals surface area contributed by atoms with Crippen LogP contribution in [0.1, 0.15) is 0 Å². The minimum absolute atomic E-state index is 0.113. The Morgan fingerprint density at radius 2 is 2.04 bits per heavy atom. The molecule has 122 valence electrons. The normalized spacial score (nSPS) is 20.8. The molecule has 0 unspecified atom stereocenters. The lowest BCUT2D eigenvalue weighted by Gasteiger charge is -2.19. The van der Waals surface area contributed by atoms with Crippen LogP contribution in [0.5, 0.6) is 0 Å². The second-order valence-corrected chi connectivity index (χ2v) is 5.96. The van der Waals surface area contributed by atoms with Gasteiger partial charge < -0.3 is 15.4 Å². The van der Waals surface area contributed by atoms with Crippen LogP contribution >= 0.6 is 11.8 Å². The largest absolute Gasteiger partial charge is 0.443 e. The smallest absolute Gasteiger partial charge is 0.414 e. The summed E-state index contributed by atoms with van der Waals surface area (Å²) in [5.74, 6) is -0.788. The quantitative estimate of drug-likeness (QED) is 0.918. The Balaban J connectivity index is 1.93. The Kier molecular flexibility index (Phi) is 4.53. The number of hydrogen-bond donors (Lipinski definition) is 1. The lowest BCUT2D eigenvalue weighted by atomic mass is 10.2. The molecule has 0 saturated carbocycles. The van der Waals surface area contributed by atoms with Crippen molar-refractivity contribution in [2.75, 3.05) is 28.6 Å². The first-order valence-corrected chi connectivity index (χ1v) is 8.05. The molecule has 2 heterocycles. The topological polar surface area (TPSA) is 58.8 Å². The maximum Gasteiger partial charge on any atom is 0.414 e. The molecule has 1 saturated heterocycles. The van der Waals surface area contributed by atoms with Gasteiger partial charge >= 0.3 is 6.09 Å². The predicted molar refractivity (Wildman–Crippen MR) is 86.2 cm³/mol. The zero-order valence-electron chi connectivity index (χ0n) is 12.1. The highest BCUT2D eigenvalue weighted by Crippen LogP contribution is 2.32. The van der Waals surface area contributed by atoms with Crippen molar-refractivity contribution in [2.24, 2.45) is 5.73 Å². The van der Waals surface area contributed by atoms with Crippen LogP contribution in [-0.4, -0.2) is 31.0 Å². The van der Waals surface area contributed by atoms with Gasteiger partial charge in [0, 0.05) is 36.8 Å². The van der Waals surface area contributed by atoms with Crippen LogP contribution in [0.15, 0.2) is 36.0 Å². The monoisotopic (exact) mass is 339 g/mol. The van der Waals surface area contributed by atoms with Crippen LogP contribution in [0.25, 0.3) is 0 Å². The van der Waals surface area contributed by atoms with Crippen LogP contribution in [0, 0.1) is 11.6 Å². The molecule has 23 heavy (non-hydrogen) atoms. The number of amides is 1. The molecule has 0 spiro atoms. The van der Waals surface area contributed by atoms with Crippen molar-refractivity contribution in [3.05, 3.63) is 47.7 Å². The number of anilines is 2. The fourth-order valence-corrected chi connectivity index (χ4v) is 2.91. The van der Waals surface area contributed by atoms with E-state index in [1.165, 1.54) is 21.6 Å². The molecule has 3 rings (SSSR count). The molecule has 0 bridgehead atoms. The number of nitrogens with zero attached hydrogens (tertiary/aromatic N) is 2. The molecule has 1 aromatic carbocycles. The van der Waals surface area contributed by atoms with Crippen LogP contribution in [0.4, 0.5) is 25.0 Å². The molecular weight excluding hydrogens is 324 g/mol. The van der Waals surface area contributed by atoms with E-state index in [0.29, 0.717) is 0 Å². The molecule has 2 aliphatic rings. The fourth-order valence-electron chi connectivity index (χ4n) is 2.38. The third kappa shape index (κ3) is 3.18. The molecule has 2 aliphatic heterocycles. The number of carbonyl (C=O) groups excluding carboxylic acids is 1. The minimum atomic E-state index is -0.759. The summed E-state index contributed by atoms with van der Waals surface area (Å²) in [5.41, 5.74) is 5.38. The molecule has 2 N–H and O–H groups in total. The van der Waals surface area contributed by atoms with E-state index in [4.69, 9.17) is 10.5 Å². The molecule has 1 fully saturated rings. The van der Waals surface area contributed by atoms with Crippen molar-refractivity contribution in [1.82, 2.24) is 0 Å². The Hall–Kier alpha value is -2.06.